The lowest BCUT2D eigenvalue weighted by atomic mass is 9.57. The zero-order valence-corrected chi connectivity index (χ0v) is 11.3. The molecule has 89 valence electrons. The third kappa shape index (κ3) is 0.578. The van der Waals surface area contributed by atoms with Crippen LogP contribution >= 0.6 is 0 Å². The summed E-state index contributed by atoms with van der Waals surface area (Å²) in [6.45, 7) is 14.8. The van der Waals surface area contributed by atoms with Gasteiger partial charge in [0.1, 0.15) is 0 Å². The Morgan fingerprint density at radius 3 is 2.38 bits per heavy atom. The molecule has 0 aromatic heterocycles. The molecule has 0 amide bonds. The van der Waals surface area contributed by atoms with Gasteiger partial charge in [0, 0.05) is 0 Å². The fraction of sp³-hybridized carbons (Fsp3) is 0.938. The first kappa shape index (κ1) is 9.97. The summed E-state index contributed by atoms with van der Waals surface area (Å²) in [4.78, 5) is 0. The summed E-state index contributed by atoms with van der Waals surface area (Å²) >= 11 is 0. The van der Waals surface area contributed by atoms with E-state index in [0.29, 0.717) is 21.7 Å². The molecular formula is C16H25. The van der Waals surface area contributed by atoms with Crippen molar-refractivity contribution in [2.45, 2.75) is 53.4 Å². The molecule has 5 unspecified atom stereocenters. The highest BCUT2D eigenvalue weighted by Crippen LogP contribution is 3.00. The first-order valence-electron chi connectivity index (χ1n) is 7.15. The minimum absolute atomic E-state index is 0.585. The van der Waals surface area contributed by atoms with Gasteiger partial charge in [0.2, 0.25) is 0 Å². The van der Waals surface area contributed by atoms with E-state index in [1.807, 2.05) is 0 Å². The molecule has 4 bridgehead atoms. The SMILES string of the molecule is [CH2]C1CCC(C)(C)C23CC4CC2C13C4(C)C. The smallest absolute Gasteiger partial charge is 0.0117 e. The highest BCUT2D eigenvalue weighted by atomic mass is 15.0. The minimum atomic E-state index is 0.585. The lowest BCUT2D eigenvalue weighted by molar-refractivity contribution is 0.0200. The molecule has 0 aliphatic heterocycles. The van der Waals surface area contributed by atoms with E-state index >= 15 is 0 Å². The van der Waals surface area contributed by atoms with Crippen LogP contribution < -0.4 is 0 Å². The van der Waals surface area contributed by atoms with E-state index in [0.717, 1.165) is 17.8 Å². The molecule has 0 aromatic rings. The Morgan fingerprint density at radius 2 is 1.81 bits per heavy atom. The molecule has 0 heteroatoms. The average Bonchev–Trinajstić information content (AvgIpc) is 2.47. The van der Waals surface area contributed by atoms with Crippen LogP contribution in [0.4, 0.5) is 0 Å². The van der Waals surface area contributed by atoms with Gasteiger partial charge in [-0.3, -0.25) is 0 Å². The van der Waals surface area contributed by atoms with E-state index in [-0.39, 0.29) is 0 Å². The molecule has 5 aliphatic carbocycles. The van der Waals surface area contributed by atoms with Crippen molar-refractivity contribution in [2.24, 2.45) is 39.4 Å². The van der Waals surface area contributed by atoms with Crippen LogP contribution in [-0.4, -0.2) is 0 Å². The molecule has 0 heterocycles. The van der Waals surface area contributed by atoms with Gasteiger partial charge in [-0.05, 0) is 72.0 Å². The monoisotopic (exact) mass is 217 g/mol. The topological polar surface area (TPSA) is 0 Å². The van der Waals surface area contributed by atoms with Crippen LogP contribution in [0.25, 0.3) is 0 Å². The van der Waals surface area contributed by atoms with Crippen LogP contribution in [-0.2, 0) is 0 Å². The number of hydrogen-bond acceptors (Lipinski definition) is 0. The van der Waals surface area contributed by atoms with Crippen molar-refractivity contribution in [3.8, 4) is 0 Å². The summed E-state index contributed by atoms with van der Waals surface area (Å²) in [6.07, 6.45) is 5.86. The standard InChI is InChI=1S/C16H25/c1-10-6-7-13(2,3)15-9-11-8-12(15)16(10,15)14(11,4)5/h10-12H,1,6-9H2,2-5H3. The van der Waals surface area contributed by atoms with Crippen LogP contribution in [0.15, 0.2) is 0 Å². The van der Waals surface area contributed by atoms with Crippen molar-refractivity contribution in [1.82, 2.24) is 0 Å². The molecule has 5 atom stereocenters. The maximum atomic E-state index is 4.59. The molecule has 0 nitrogen and oxygen atoms in total. The first-order valence-corrected chi connectivity index (χ1v) is 7.15. The normalized spacial score (nSPS) is 63.2. The summed E-state index contributed by atoms with van der Waals surface area (Å²) in [5.74, 6) is 2.80. The Bertz CT molecular complexity index is 377. The largest absolute Gasteiger partial charge is 0.0593 e. The molecule has 0 saturated heterocycles. The third-order valence-corrected chi connectivity index (χ3v) is 7.94. The van der Waals surface area contributed by atoms with Gasteiger partial charge in [0.25, 0.3) is 0 Å². The van der Waals surface area contributed by atoms with E-state index in [2.05, 4.69) is 34.6 Å². The van der Waals surface area contributed by atoms with Crippen molar-refractivity contribution < 1.29 is 0 Å². The summed E-state index contributed by atoms with van der Waals surface area (Å²) in [6, 6.07) is 0. The number of hydrogen-bond donors (Lipinski definition) is 0. The van der Waals surface area contributed by atoms with E-state index in [1.165, 1.54) is 25.7 Å². The molecule has 1 radical (unpaired) electrons. The van der Waals surface area contributed by atoms with Gasteiger partial charge in [0.05, 0.1) is 0 Å². The summed E-state index contributed by atoms with van der Waals surface area (Å²) < 4.78 is 0. The Kier molecular flexibility index (Phi) is 1.34. The van der Waals surface area contributed by atoms with Crippen molar-refractivity contribution in [3.63, 3.8) is 0 Å². The maximum Gasteiger partial charge on any atom is -0.0117 e. The van der Waals surface area contributed by atoms with Crippen LogP contribution in [0.2, 0.25) is 0 Å². The molecule has 5 rings (SSSR count). The zero-order chi connectivity index (χ0) is 11.6. The van der Waals surface area contributed by atoms with Crippen LogP contribution in [0, 0.1) is 46.3 Å². The van der Waals surface area contributed by atoms with Crippen molar-refractivity contribution >= 4 is 0 Å². The Hall–Kier alpha value is 0. The van der Waals surface area contributed by atoms with E-state index in [4.69, 9.17) is 0 Å². The highest BCUT2D eigenvalue weighted by Gasteiger charge is 2.94. The van der Waals surface area contributed by atoms with E-state index in [9.17, 15) is 0 Å². The lowest BCUT2D eigenvalue weighted by Gasteiger charge is -2.47. The average molecular weight is 217 g/mol. The predicted molar refractivity (Wildman–Crippen MR) is 66.7 cm³/mol. The van der Waals surface area contributed by atoms with Crippen molar-refractivity contribution in [3.05, 3.63) is 6.92 Å². The predicted octanol–water partition coefficient (Wildman–Crippen LogP) is 4.31. The fourth-order valence-corrected chi connectivity index (χ4v) is 7.48. The van der Waals surface area contributed by atoms with E-state index < -0.39 is 0 Å². The van der Waals surface area contributed by atoms with Gasteiger partial charge < -0.3 is 0 Å². The fourth-order valence-electron chi connectivity index (χ4n) is 7.48. The van der Waals surface area contributed by atoms with Crippen LogP contribution in [0.3, 0.4) is 0 Å². The van der Waals surface area contributed by atoms with Gasteiger partial charge in [-0.1, -0.05) is 27.7 Å². The molecule has 5 aliphatic rings. The van der Waals surface area contributed by atoms with Crippen LogP contribution in [0.5, 0.6) is 0 Å². The second kappa shape index (κ2) is 2.15. The third-order valence-electron chi connectivity index (χ3n) is 7.94. The van der Waals surface area contributed by atoms with Crippen molar-refractivity contribution in [1.29, 1.82) is 0 Å². The van der Waals surface area contributed by atoms with Gasteiger partial charge in [-0.2, -0.15) is 0 Å². The molecule has 16 heavy (non-hydrogen) atoms. The Morgan fingerprint density at radius 1 is 1.12 bits per heavy atom. The van der Waals surface area contributed by atoms with Gasteiger partial charge in [-0.25, -0.2) is 0 Å². The molecule has 0 aromatic carbocycles. The molecule has 2 spiro atoms. The quantitative estimate of drug-likeness (QED) is 0.567. The van der Waals surface area contributed by atoms with Crippen LogP contribution in [0.1, 0.15) is 53.4 Å². The summed E-state index contributed by atoms with van der Waals surface area (Å²) in [5.41, 5.74) is 2.53. The van der Waals surface area contributed by atoms with E-state index in [1.54, 1.807) is 0 Å². The Balaban J connectivity index is 1.96. The molecular weight excluding hydrogens is 192 g/mol. The molecule has 5 fully saturated rings. The lowest BCUT2D eigenvalue weighted by Crippen LogP contribution is -2.41. The molecule has 0 N–H and O–H groups in total. The maximum absolute atomic E-state index is 4.59. The van der Waals surface area contributed by atoms with Crippen molar-refractivity contribution in [2.75, 3.05) is 0 Å². The van der Waals surface area contributed by atoms with Gasteiger partial charge >= 0.3 is 0 Å². The summed E-state index contributed by atoms with van der Waals surface area (Å²) in [7, 11) is 0. The summed E-state index contributed by atoms with van der Waals surface area (Å²) in [5, 5.41) is 0. The van der Waals surface area contributed by atoms with Gasteiger partial charge in [-0.15, -0.1) is 0 Å². The first-order chi connectivity index (χ1) is 7.32. The highest BCUT2D eigenvalue weighted by molar-refractivity contribution is 5.42. The zero-order valence-electron chi connectivity index (χ0n) is 11.3. The number of rotatable bonds is 0. The molecule has 5 saturated carbocycles. The minimum Gasteiger partial charge on any atom is -0.0593 e. The van der Waals surface area contributed by atoms with Gasteiger partial charge in [0.15, 0.2) is 0 Å². The second-order valence-electron chi connectivity index (χ2n) is 8.37. The Labute approximate surface area is 100 Å². The second-order valence-corrected chi connectivity index (χ2v) is 8.37.